The normalized spacial score (nSPS) is 14.1. The number of unbranched alkanes of at least 4 members (excludes halogenated alkanes) is 1. The maximum atomic E-state index is 13.4. The van der Waals surface area contributed by atoms with Gasteiger partial charge in [-0.2, -0.15) is 0 Å². The van der Waals surface area contributed by atoms with Crippen LogP contribution in [0.4, 0.5) is 5.95 Å². The van der Waals surface area contributed by atoms with Crippen molar-refractivity contribution in [3.8, 4) is 11.1 Å². The van der Waals surface area contributed by atoms with Gasteiger partial charge in [0.1, 0.15) is 0 Å². The first-order chi connectivity index (χ1) is 16.7. The van der Waals surface area contributed by atoms with Gasteiger partial charge < -0.3 is 4.90 Å². The predicted molar refractivity (Wildman–Crippen MR) is 141 cm³/mol. The van der Waals surface area contributed by atoms with Crippen molar-refractivity contribution >= 4 is 23.9 Å². The van der Waals surface area contributed by atoms with E-state index in [-0.39, 0.29) is 23.7 Å². The number of hydrogen-bond donors (Lipinski definition) is 0. The first kappa shape index (κ1) is 24.6. The summed E-state index contributed by atoms with van der Waals surface area (Å²) in [5, 5.41) is 0. The van der Waals surface area contributed by atoms with E-state index >= 15 is 0 Å². The molecule has 5 rings (SSSR count). The molecule has 0 aliphatic carbocycles. The summed E-state index contributed by atoms with van der Waals surface area (Å²) in [5.41, 5.74) is 1.53. The molecule has 4 heterocycles. The first-order valence-electron chi connectivity index (χ1n) is 11.8. The van der Waals surface area contributed by atoms with Gasteiger partial charge in [-0.05, 0) is 43.1 Å². The Balaban J connectivity index is 0.00000289. The lowest BCUT2D eigenvalue weighted by atomic mass is 10.1. The van der Waals surface area contributed by atoms with Crippen LogP contribution in [0.1, 0.15) is 12.8 Å². The van der Waals surface area contributed by atoms with Crippen LogP contribution >= 0.6 is 12.4 Å². The highest BCUT2D eigenvalue weighted by Crippen LogP contribution is 2.19. The van der Waals surface area contributed by atoms with Crippen LogP contribution in [-0.2, 0) is 6.54 Å². The zero-order chi connectivity index (χ0) is 23.3. The summed E-state index contributed by atoms with van der Waals surface area (Å²) in [6.45, 7) is 5.06. The predicted octanol–water partition coefficient (Wildman–Crippen LogP) is 2.94. The zero-order valence-corrected chi connectivity index (χ0v) is 20.3. The topological polar surface area (TPSA) is 75.7 Å². The molecule has 9 heteroatoms. The maximum Gasteiger partial charge on any atom is 0.335 e. The van der Waals surface area contributed by atoms with E-state index in [1.54, 1.807) is 23.0 Å². The number of benzene rings is 1. The van der Waals surface area contributed by atoms with Gasteiger partial charge >= 0.3 is 5.69 Å². The third-order valence-electron chi connectivity index (χ3n) is 6.39. The van der Waals surface area contributed by atoms with Gasteiger partial charge in [-0.1, -0.05) is 36.4 Å². The fourth-order valence-corrected chi connectivity index (χ4v) is 4.58. The number of pyridine rings is 1. The number of piperazine rings is 1. The average molecular weight is 493 g/mol. The molecule has 4 aromatic rings. The molecule has 0 amide bonds. The number of anilines is 1. The minimum Gasteiger partial charge on any atom is -0.338 e. The summed E-state index contributed by atoms with van der Waals surface area (Å²) >= 11 is 0. The third kappa shape index (κ3) is 5.28. The van der Waals surface area contributed by atoms with Crippen LogP contribution < -0.4 is 16.1 Å². The molecule has 0 radical (unpaired) electrons. The molecule has 0 saturated carbocycles. The zero-order valence-electron chi connectivity index (χ0n) is 19.5. The molecule has 1 aromatic carbocycles. The van der Waals surface area contributed by atoms with Crippen LogP contribution in [0.25, 0.3) is 16.6 Å². The Morgan fingerprint density at radius 3 is 2.20 bits per heavy atom. The van der Waals surface area contributed by atoms with Crippen molar-refractivity contribution in [3.05, 3.63) is 94.0 Å². The molecule has 35 heavy (non-hydrogen) atoms. The molecular weight excluding hydrogens is 464 g/mol. The van der Waals surface area contributed by atoms with Crippen molar-refractivity contribution in [3.63, 3.8) is 0 Å². The Kier molecular flexibility index (Phi) is 7.94. The standard InChI is InChI=1S/C26H28N6O2.ClH/c33-24-23(21-9-2-1-3-10-21)22-11-4-5-15-31(22)26(34)32(24)16-7-6-14-29-17-19-30(20-18-29)25-27-12-8-13-28-25;/h1-5,8-13,15H,6-7,14,16-20H2;1H. The van der Waals surface area contributed by atoms with Crippen LogP contribution in [-0.4, -0.2) is 56.6 Å². The van der Waals surface area contributed by atoms with Crippen LogP contribution in [0.3, 0.4) is 0 Å². The van der Waals surface area contributed by atoms with Crippen molar-refractivity contribution in [2.24, 2.45) is 0 Å². The molecule has 1 saturated heterocycles. The van der Waals surface area contributed by atoms with E-state index in [0.717, 1.165) is 57.1 Å². The van der Waals surface area contributed by atoms with Gasteiger partial charge in [0, 0.05) is 51.3 Å². The molecule has 3 aromatic heterocycles. The summed E-state index contributed by atoms with van der Waals surface area (Å²) in [5.74, 6) is 0.785. The molecule has 0 unspecified atom stereocenters. The highest BCUT2D eigenvalue weighted by Gasteiger charge is 2.19. The number of nitrogens with zero attached hydrogens (tertiary/aromatic N) is 6. The minimum atomic E-state index is -0.281. The van der Waals surface area contributed by atoms with Gasteiger partial charge in [-0.3, -0.25) is 18.7 Å². The van der Waals surface area contributed by atoms with E-state index < -0.39 is 0 Å². The summed E-state index contributed by atoms with van der Waals surface area (Å²) < 4.78 is 2.97. The molecule has 1 aliphatic heterocycles. The molecule has 0 N–H and O–H groups in total. The molecular formula is C26H29ClN6O2. The fourth-order valence-electron chi connectivity index (χ4n) is 4.58. The molecule has 8 nitrogen and oxygen atoms in total. The van der Waals surface area contributed by atoms with Crippen molar-refractivity contribution in [1.82, 2.24) is 23.8 Å². The number of aromatic nitrogens is 4. The lowest BCUT2D eigenvalue weighted by Crippen LogP contribution is -2.47. The van der Waals surface area contributed by atoms with E-state index in [0.29, 0.717) is 17.6 Å². The summed E-state index contributed by atoms with van der Waals surface area (Å²) in [4.78, 5) is 39.8. The van der Waals surface area contributed by atoms with Crippen molar-refractivity contribution in [1.29, 1.82) is 0 Å². The SMILES string of the molecule is Cl.O=c1c(-c2ccccc2)c2ccccn2c(=O)n1CCCCN1CCN(c2ncccn2)CC1. The highest BCUT2D eigenvalue weighted by atomic mass is 35.5. The Hall–Kier alpha value is -3.49. The summed E-state index contributed by atoms with van der Waals surface area (Å²) in [6, 6.07) is 16.9. The Morgan fingerprint density at radius 1 is 0.771 bits per heavy atom. The summed E-state index contributed by atoms with van der Waals surface area (Å²) in [6.07, 6.45) is 6.97. The molecule has 1 aliphatic rings. The van der Waals surface area contributed by atoms with E-state index in [4.69, 9.17) is 0 Å². The number of fused-ring (bicyclic) bond motifs is 1. The second kappa shape index (κ2) is 11.3. The van der Waals surface area contributed by atoms with Gasteiger partial charge in [0.25, 0.3) is 5.56 Å². The molecule has 0 bridgehead atoms. The smallest absolute Gasteiger partial charge is 0.335 e. The Morgan fingerprint density at radius 2 is 1.46 bits per heavy atom. The third-order valence-corrected chi connectivity index (χ3v) is 6.39. The quantitative estimate of drug-likeness (QED) is 0.369. The number of hydrogen-bond acceptors (Lipinski definition) is 6. The van der Waals surface area contributed by atoms with Gasteiger partial charge in [0.05, 0.1) is 11.1 Å². The summed E-state index contributed by atoms with van der Waals surface area (Å²) in [7, 11) is 0. The van der Waals surface area contributed by atoms with Gasteiger partial charge in [0.15, 0.2) is 0 Å². The second-order valence-electron chi connectivity index (χ2n) is 8.52. The fraction of sp³-hybridized carbons (Fsp3) is 0.308. The highest BCUT2D eigenvalue weighted by molar-refractivity contribution is 5.85. The van der Waals surface area contributed by atoms with Crippen LogP contribution in [0, 0.1) is 0 Å². The Bertz CT molecular complexity index is 1370. The van der Waals surface area contributed by atoms with E-state index in [9.17, 15) is 9.59 Å². The number of rotatable bonds is 7. The van der Waals surface area contributed by atoms with Crippen LogP contribution in [0.5, 0.6) is 0 Å². The molecule has 0 atom stereocenters. The van der Waals surface area contributed by atoms with E-state index in [1.807, 2.05) is 54.6 Å². The van der Waals surface area contributed by atoms with E-state index in [1.165, 1.54) is 4.57 Å². The first-order valence-corrected chi connectivity index (χ1v) is 11.8. The van der Waals surface area contributed by atoms with Gasteiger partial charge in [-0.25, -0.2) is 14.8 Å². The second-order valence-corrected chi connectivity index (χ2v) is 8.52. The van der Waals surface area contributed by atoms with Crippen LogP contribution in [0.15, 0.2) is 82.8 Å². The molecule has 182 valence electrons. The molecule has 0 spiro atoms. The monoisotopic (exact) mass is 492 g/mol. The lowest BCUT2D eigenvalue weighted by Gasteiger charge is -2.34. The van der Waals surface area contributed by atoms with Crippen LogP contribution in [0.2, 0.25) is 0 Å². The van der Waals surface area contributed by atoms with Crippen molar-refractivity contribution in [2.75, 3.05) is 37.6 Å². The number of halogens is 1. The minimum absolute atomic E-state index is 0. The largest absolute Gasteiger partial charge is 0.338 e. The lowest BCUT2D eigenvalue weighted by molar-refractivity contribution is 0.250. The van der Waals surface area contributed by atoms with Crippen molar-refractivity contribution < 1.29 is 0 Å². The maximum absolute atomic E-state index is 13.4. The van der Waals surface area contributed by atoms with E-state index in [2.05, 4.69) is 19.8 Å². The van der Waals surface area contributed by atoms with Gasteiger partial charge in [0.2, 0.25) is 5.95 Å². The van der Waals surface area contributed by atoms with Gasteiger partial charge in [-0.15, -0.1) is 12.4 Å². The Labute approximate surface area is 209 Å². The van der Waals surface area contributed by atoms with Crippen molar-refractivity contribution in [2.45, 2.75) is 19.4 Å². The molecule has 1 fully saturated rings. The average Bonchev–Trinajstić information content (AvgIpc) is 2.90.